The van der Waals surface area contributed by atoms with E-state index in [1.807, 2.05) is 67.6 Å². The van der Waals surface area contributed by atoms with Gasteiger partial charge < -0.3 is 5.11 Å². The Balaban J connectivity index is 1.48. The number of hydrogen-bond acceptors (Lipinski definition) is 4. The molecule has 0 unspecified atom stereocenters. The Morgan fingerprint density at radius 1 is 0.838 bits per heavy atom. The van der Waals surface area contributed by atoms with Gasteiger partial charge in [0, 0.05) is 6.54 Å². The van der Waals surface area contributed by atoms with Crippen molar-refractivity contribution >= 4 is 54.5 Å². The second-order valence-electron chi connectivity index (χ2n) is 9.47. The van der Waals surface area contributed by atoms with Crippen LogP contribution in [0.1, 0.15) is 30.9 Å². The van der Waals surface area contributed by atoms with Gasteiger partial charge in [-0.3, -0.25) is 0 Å². The number of thiophene rings is 1. The van der Waals surface area contributed by atoms with Gasteiger partial charge in [0.05, 0.1) is 4.34 Å². The average Bonchev–Trinajstić information content (AvgIpc) is 3.37. The van der Waals surface area contributed by atoms with E-state index in [1.54, 1.807) is 6.07 Å². The van der Waals surface area contributed by atoms with Crippen molar-refractivity contribution < 1.29 is 13.5 Å². The molecule has 1 heterocycles. The molecule has 4 nitrogen and oxygen atoms in total. The first-order valence-corrected chi connectivity index (χ1v) is 14.9. The topological polar surface area (TPSA) is 66.4 Å². The lowest BCUT2D eigenvalue weighted by molar-refractivity contribution is 0.0673. The van der Waals surface area contributed by atoms with E-state index < -0.39 is 15.6 Å². The first kappa shape index (κ1) is 25.9. The lowest BCUT2D eigenvalue weighted by Gasteiger charge is -2.33. The van der Waals surface area contributed by atoms with Gasteiger partial charge in [0.25, 0.3) is 0 Å². The number of sulfonamides is 1. The molecule has 37 heavy (non-hydrogen) atoms. The number of benzene rings is 4. The second-order valence-corrected chi connectivity index (χ2v) is 13.2. The van der Waals surface area contributed by atoms with Crippen molar-refractivity contribution in [3.63, 3.8) is 0 Å². The second kappa shape index (κ2) is 10.6. The zero-order valence-corrected chi connectivity index (χ0v) is 22.8. The van der Waals surface area contributed by atoms with E-state index >= 15 is 0 Å². The third kappa shape index (κ3) is 5.31. The third-order valence-corrected chi connectivity index (χ3v) is 10.1. The van der Waals surface area contributed by atoms with Crippen LogP contribution in [0.2, 0.25) is 4.34 Å². The molecule has 0 amide bonds. The maximum atomic E-state index is 12.7. The molecule has 0 radical (unpaired) electrons. The van der Waals surface area contributed by atoms with E-state index in [1.165, 1.54) is 6.07 Å². The molecule has 0 saturated heterocycles. The molecule has 7 heteroatoms. The largest absolute Gasteiger partial charge is 0.380 e. The summed E-state index contributed by atoms with van der Waals surface area (Å²) in [5.41, 5.74) is 0.432. The number of halogens is 1. The molecule has 1 atom stereocenters. The van der Waals surface area contributed by atoms with E-state index in [2.05, 4.69) is 29.0 Å². The molecule has 0 fully saturated rings. The standard InChI is InChI=1S/C30H28ClNO3S2/c1-21(20-32-37(34,35)29-17-16-28(31)36-29)18-19-30(33,26-14-6-10-22-8-2-4-12-24(22)26)27-15-7-11-23-9-3-5-13-25(23)27/h2-17,21,32-33H,18-20H2,1H3/t21-/m0/s1. The normalized spacial score (nSPS) is 13.3. The van der Waals surface area contributed by atoms with Gasteiger partial charge in [-0.05, 0) is 63.6 Å². The summed E-state index contributed by atoms with van der Waals surface area (Å²) in [6.45, 7) is 2.26. The van der Waals surface area contributed by atoms with Crippen molar-refractivity contribution in [2.24, 2.45) is 5.92 Å². The number of nitrogens with one attached hydrogen (secondary N) is 1. The van der Waals surface area contributed by atoms with E-state index in [4.69, 9.17) is 11.6 Å². The van der Waals surface area contributed by atoms with Gasteiger partial charge in [0.1, 0.15) is 9.81 Å². The highest BCUT2D eigenvalue weighted by atomic mass is 35.5. The molecule has 5 rings (SSSR count). The minimum atomic E-state index is -3.63. The smallest absolute Gasteiger partial charge is 0.250 e. The first-order chi connectivity index (χ1) is 17.8. The van der Waals surface area contributed by atoms with Gasteiger partial charge in [0.15, 0.2) is 0 Å². The van der Waals surface area contributed by atoms with Crippen LogP contribution in [0.25, 0.3) is 21.5 Å². The van der Waals surface area contributed by atoms with Gasteiger partial charge in [-0.1, -0.05) is 103 Å². The molecule has 4 aromatic carbocycles. The van der Waals surface area contributed by atoms with Gasteiger partial charge in [0.2, 0.25) is 10.0 Å². The summed E-state index contributed by atoms with van der Waals surface area (Å²) in [6, 6.07) is 31.3. The van der Waals surface area contributed by atoms with Crippen LogP contribution in [0, 0.1) is 5.92 Å². The maximum absolute atomic E-state index is 12.7. The van der Waals surface area contributed by atoms with Crippen LogP contribution in [0.3, 0.4) is 0 Å². The van der Waals surface area contributed by atoms with Gasteiger partial charge in [-0.2, -0.15) is 0 Å². The monoisotopic (exact) mass is 549 g/mol. The zero-order valence-electron chi connectivity index (χ0n) is 20.4. The van der Waals surface area contributed by atoms with E-state index in [0.29, 0.717) is 17.2 Å². The molecule has 0 aliphatic heterocycles. The number of rotatable bonds is 9. The van der Waals surface area contributed by atoms with Crippen LogP contribution in [0.15, 0.2) is 101 Å². The highest BCUT2D eigenvalue weighted by Crippen LogP contribution is 2.41. The van der Waals surface area contributed by atoms with E-state index in [-0.39, 0.29) is 16.7 Å². The van der Waals surface area contributed by atoms with Gasteiger partial charge in [-0.25, -0.2) is 13.1 Å². The van der Waals surface area contributed by atoms with Crippen molar-refractivity contribution in [3.8, 4) is 0 Å². The van der Waals surface area contributed by atoms with Gasteiger partial charge >= 0.3 is 0 Å². The fourth-order valence-corrected chi connectivity index (χ4v) is 7.60. The Bertz CT molecular complexity index is 1570. The summed E-state index contributed by atoms with van der Waals surface area (Å²) in [5, 5.41) is 16.7. The molecule has 2 N–H and O–H groups in total. The fraction of sp³-hybridized carbons (Fsp3) is 0.200. The number of fused-ring (bicyclic) bond motifs is 2. The zero-order chi connectivity index (χ0) is 26.0. The molecule has 0 bridgehead atoms. The Morgan fingerprint density at radius 3 is 1.92 bits per heavy atom. The molecule has 5 aromatic rings. The Kier molecular flexibility index (Phi) is 7.39. The molecule has 0 aliphatic rings. The molecule has 0 spiro atoms. The Hall–Kier alpha value is -2.74. The summed E-state index contributed by atoms with van der Waals surface area (Å²) in [5.74, 6) is -0.0123. The summed E-state index contributed by atoms with van der Waals surface area (Å²) >= 11 is 6.96. The van der Waals surface area contributed by atoms with Crippen molar-refractivity contribution in [3.05, 3.63) is 113 Å². The van der Waals surface area contributed by atoms with Crippen molar-refractivity contribution in [2.45, 2.75) is 29.6 Å². The first-order valence-electron chi connectivity index (χ1n) is 12.2. The van der Waals surface area contributed by atoms with Crippen molar-refractivity contribution in [1.82, 2.24) is 4.72 Å². The Labute approximate surface area is 226 Å². The van der Waals surface area contributed by atoms with Crippen LogP contribution in [-0.2, 0) is 15.6 Å². The summed E-state index contributed by atoms with van der Waals surface area (Å²) in [6.07, 6.45) is 1.04. The highest BCUT2D eigenvalue weighted by Gasteiger charge is 2.34. The van der Waals surface area contributed by atoms with Crippen LogP contribution in [-0.4, -0.2) is 20.1 Å². The molecular formula is C30H28ClNO3S2. The highest BCUT2D eigenvalue weighted by molar-refractivity contribution is 7.91. The van der Waals surface area contributed by atoms with Crippen LogP contribution < -0.4 is 4.72 Å². The fourth-order valence-electron chi connectivity index (χ4n) is 4.91. The molecule has 0 saturated carbocycles. The van der Waals surface area contributed by atoms with Gasteiger partial charge in [-0.15, -0.1) is 11.3 Å². The molecule has 1 aromatic heterocycles. The third-order valence-electron chi connectivity index (χ3n) is 6.90. The SMILES string of the molecule is C[C@@H](CCC(O)(c1cccc2ccccc12)c1cccc2ccccc12)CNS(=O)(=O)c1ccc(Cl)s1. The predicted octanol–water partition coefficient (Wildman–Crippen LogP) is 7.34. The summed E-state index contributed by atoms with van der Waals surface area (Å²) < 4.78 is 28.7. The average molecular weight is 550 g/mol. The lowest BCUT2D eigenvalue weighted by atomic mass is 9.77. The van der Waals surface area contributed by atoms with Crippen LogP contribution in [0.5, 0.6) is 0 Å². The lowest BCUT2D eigenvalue weighted by Crippen LogP contribution is -2.31. The quantitative estimate of drug-likeness (QED) is 0.202. The van der Waals surface area contributed by atoms with Crippen LogP contribution in [0.4, 0.5) is 0 Å². The predicted molar refractivity (Wildman–Crippen MR) is 154 cm³/mol. The summed E-state index contributed by atoms with van der Waals surface area (Å²) in [7, 11) is -3.63. The number of hydrogen-bond donors (Lipinski definition) is 2. The molecule has 190 valence electrons. The van der Waals surface area contributed by atoms with Crippen molar-refractivity contribution in [2.75, 3.05) is 6.54 Å². The Morgan fingerprint density at radius 2 is 1.38 bits per heavy atom. The summed E-state index contributed by atoms with van der Waals surface area (Å²) in [4.78, 5) is 0. The minimum absolute atomic E-state index is 0.0123. The van der Waals surface area contributed by atoms with Crippen molar-refractivity contribution in [1.29, 1.82) is 0 Å². The van der Waals surface area contributed by atoms with E-state index in [9.17, 15) is 13.5 Å². The molecular weight excluding hydrogens is 522 g/mol. The maximum Gasteiger partial charge on any atom is 0.250 e. The molecule has 0 aliphatic carbocycles. The van der Waals surface area contributed by atoms with Crippen LogP contribution >= 0.6 is 22.9 Å². The minimum Gasteiger partial charge on any atom is -0.380 e. The van der Waals surface area contributed by atoms with E-state index in [0.717, 1.165) is 44.0 Å². The number of aliphatic hydroxyl groups is 1.